The standard InChI is InChI=1S/C45H25N5/c1-47-31-21-24-37(44(27-31)50-41-16-7-3-10-34(41)35-11-4-8-17-42(35)50)45-33(13-9-14-39(45)48-2)30-19-22-32(23-20-30)49-40-15-6-5-12-36(40)38-26-29(28-46)18-25-43(38)49/h3-27H. The van der Waals surface area contributed by atoms with Gasteiger partial charge in [-0.1, -0.05) is 97.1 Å². The highest BCUT2D eigenvalue weighted by Gasteiger charge is 2.21. The maximum atomic E-state index is 9.57. The molecule has 0 N–H and O–H groups in total. The molecule has 0 fully saturated rings. The van der Waals surface area contributed by atoms with Crippen LogP contribution in [0.15, 0.2) is 152 Å². The molecule has 9 rings (SSSR count). The molecule has 2 heterocycles. The van der Waals surface area contributed by atoms with E-state index >= 15 is 0 Å². The van der Waals surface area contributed by atoms with E-state index in [1.54, 1.807) is 0 Å². The van der Waals surface area contributed by atoms with Gasteiger partial charge < -0.3 is 9.13 Å². The van der Waals surface area contributed by atoms with Gasteiger partial charge in [0.15, 0.2) is 11.4 Å². The minimum absolute atomic E-state index is 0.532. The van der Waals surface area contributed by atoms with E-state index in [-0.39, 0.29) is 0 Å². The van der Waals surface area contributed by atoms with Gasteiger partial charge in [-0.3, -0.25) is 0 Å². The molecule has 2 aromatic heterocycles. The van der Waals surface area contributed by atoms with Crippen LogP contribution >= 0.6 is 0 Å². The fourth-order valence-electron chi connectivity index (χ4n) is 7.44. The summed E-state index contributed by atoms with van der Waals surface area (Å²) in [6, 6.07) is 53.1. The number of fused-ring (bicyclic) bond motifs is 6. The molecule has 0 aliphatic carbocycles. The van der Waals surface area contributed by atoms with Crippen LogP contribution in [-0.2, 0) is 0 Å². The van der Waals surface area contributed by atoms with Crippen LogP contribution in [-0.4, -0.2) is 9.13 Å². The van der Waals surface area contributed by atoms with Gasteiger partial charge >= 0.3 is 0 Å². The van der Waals surface area contributed by atoms with Crippen molar-refractivity contribution in [2.75, 3.05) is 0 Å². The average molecular weight is 636 g/mol. The number of nitriles is 1. The second-order valence-corrected chi connectivity index (χ2v) is 12.2. The molecule has 0 saturated heterocycles. The summed E-state index contributed by atoms with van der Waals surface area (Å²) in [7, 11) is 0. The predicted octanol–water partition coefficient (Wildman–Crippen LogP) is 12.2. The summed E-state index contributed by atoms with van der Waals surface area (Å²) in [6.07, 6.45) is 0. The molecule has 0 atom stereocenters. The van der Waals surface area contributed by atoms with Gasteiger partial charge in [-0.05, 0) is 76.9 Å². The number of hydrogen-bond acceptors (Lipinski definition) is 1. The van der Waals surface area contributed by atoms with Crippen molar-refractivity contribution >= 4 is 55.0 Å². The van der Waals surface area contributed by atoms with E-state index in [1.807, 2.05) is 72.8 Å². The molecule has 9 aromatic rings. The number of hydrogen-bond donors (Lipinski definition) is 0. The Hall–Kier alpha value is -7.39. The molecule has 0 radical (unpaired) electrons. The van der Waals surface area contributed by atoms with Crippen molar-refractivity contribution in [3.8, 4) is 39.7 Å². The molecule has 50 heavy (non-hydrogen) atoms. The van der Waals surface area contributed by atoms with Crippen LogP contribution in [0.2, 0.25) is 0 Å². The van der Waals surface area contributed by atoms with Crippen molar-refractivity contribution in [3.63, 3.8) is 0 Å². The lowest BCUT2D eigenvalue weighted by molar-refractivity contribution is 1.18. The summed E-state index contributed by atoms with van der Waals surface area (Å²) < 4.78 is 4.46. The fourth-order valence-corrected chi connectivity index (χ4v) is 7.44. The summed E-state index contributed by atoms with van der Waals surface area (Å²) in [5.41, 5.74) is 11.3. The zero-order valence-corrected chi connectivity index (χ0v) is 26.7. The molecule has 0 aliphatic heterocycles. The molecule has 7 aromatic carbocycles. The van der Waals surface area contributed by atoms with Crippen molar-refractivity contribution in [3.05, 3.63) is 180 Å². The molecule has 0 amide bonds. The Balaban J connectivity index is 1.26. The quantitative estimate of drug-likeness (QED) is 0.177. The summed E-state index contributed by atoms with van der Waals surface area (Å²) in [4.78, 5) is 7.82. The monoisotopic (exact) mass is 635 g/mol. The van der Waals surface area contributed by atoms with Gasteiger partial charge in [0, 0.05) is 32.9 Å². The van der Waals surface area contributed by atoms with Crippen LogP contribution < -0.4 is 0 Å². The third-order valence-electron chi connectivity index (χ3n) is 9.60. The van der Waals surface area contributed by atoms with Gasteiger partial charge in [0.1, 0.15) is 0 Å². The zero-order valence-electron chi connectivity index (χ0n) is 26.7. The van der Waals surface area contributed by atoms with Crippen LogP contribution in [0, 0.1) is 24.5 Å². The van der Waals surface area contributed by atoms with Crippen LogP contribution in [0.3, 0.4) is 0 Å². The molecule has 5 heteroatoms. The maximum absolute atomic E-state index is 9.57. The van der Waals surface area contributed by atoms with E-state index in [2.05, 4.69) is 104 Å². The summed E-state index contributed by atoms with van der Waals surface area (Å²) in [5.74, 6) is 0. The molecule has 0 unspecified atom stereocenters. The molecule has 5 nitrogen and oxygen atoms in total. The maximum Gasteiger partial charge on any atom is 0.195 e. The molecule has 0 aliphatic rings. The highest BCUT2D eigenvalue weighted by atomic mass is 15.0. The van der Waals surface area contributed by atoms with Gasteiger partial charge in [0.25, 0.3) is 0 Å². The van der Waals surface area contributed by atoms with E-state index in [1.165, 1.54) is 0 Å². The Labute approximate surface area is 288 Å². The Morgan fingerprint density at radius 3 is 1.76 bits per heavy atom. The van der Waals surface area contributed by atoms with E-state index < -0.39 is 0 Å². The normalized spacial score (nSPS) is 11.1. The van der Waals surface area contributed by atoms with Gasteiger partial charge in [0.05, 0.1) is 46.8 Å². The first kappa shape index (κ1) is 28.8. The fraction of sp³-hybridized carbons (Fsp3) is 0. The number of rotatable bonds is 4. The molecule has 0 bridgehead atoms. The lowest BCUT2D eigenvalue weighted by atomic mass is 9.91. The Morgan fingerprint density at radius 2 is 1.12 bits per heavy atom. The Morgan fingerprint density at radius 1 is 0.500 bits per heavy atom. The van der Waals surface area contributed by atoms with Crippen LogP contribution in [0.1, 0.15) is 5.56 Å². The first-order chi connectivity index (χ1) is 24.7. The number of benzene rings is 7. The molecular formula is C45H25N5. The van der Waals surface area contributed by atoms with Gasteiger partial charge in [-0.15, -0.1) is 0 Å². The number of nitrogens with zero attached hydrogens (tertiary/aromatic N) is 5. The van der Waals surface area contributed by atoms with E-state index in [4.69, 9.17) is 13.1 Å². The van der Waals surface area contributed by atoms with Crippen LogP contribution in [0.4, 0.5) is 11.4 Å². The predicted molar refractivity (Wildman–Crippen MR) is 203 cm³/mol. The molecule has 0 spiro atoms. The largest absolute Gasteiger partial charge is 0.310 e. The Bertz CT molecular complexity index is 2900. The minimum Gasteiger partial charge on any atom is -0.310 e. The van der Waals surface area contributed by atoms with Crippen molar-refractivity contribution in [1.82, 2.24) is 9.13 Å². The lowest BCUT2D eigenvalue weighted by Gasteiger charge is -2.19. The third-order valence-corrected chi connectivity index (χ3v) is 9.60. The second-order valence-electron chi connectivity index (χ2n) is 12.2. The van der Waals surface area contributed by atoms with Gasteiger partial charge in [0.2, 0.25) is 0 Å². The number of aromatic nitrogens is 2. The SMILES string of the molecule is [C-]#[N+]c1ccc(-c2c([N+]#[C-])cccc2-c2ccc(-n3c4ccccc4c4cc(C#N)ccc43)cc2)c(-n2c3ccccc3c3ccccc32)c1. The topological polar surface area (TPSA) is 42.4 Å². The number of para-hydroxylation sites is 3. The summed E-state index contributed by atoms with van der Waals surface area (Å²) >= 11 is 0. The molecule has 0 saturated carbocycles. The average Bonchev–Trinajstić information content (AvgIpc) is 3.70. The smallest absolute Gasteiger partial charge is 0.195 e. The first-order valence-corrected chi connectivity index (χ1v) is 16.2. The van der Waals surface area contributed by atoms with Crippen molar-refractivity contribution in [1.29, 1.82) is 5.26 Å². The minimum atomic E-state index is 0.532. The third kappa shape index (κ3) is 4.31. The van der Waals surface area contributed by atoms with Crippen molar-refractivity contribution in [2.24, 2.45) is 0 Å². The van der Waals surface area contributed by atoms with Crippen LogP contribution in [0.5, 0.6) is 0 Å². The molecule has 230 valence electrons. The van der Waals surface area contributed by atoms with Gasteiger partial charge in [-0.25, -0.2) is 9.69 Å². The van der Waals surface area contributed by atoms with Crippen LogP contribution in [0.25, 0.3) is 86.9 Å². The highest BCUT2D eigenvalue weighted by Crippen LogP contribution is 2.45. The van der Waals surface area contributed by atoms with E-state index in [0.29, 0.717) is 16.9 Å². The summed E-state index contributed by atoms with van der Waals surface area (Å²) in [6.45, 7) is 16.1. The van der Waals surface area contributed by atoms with Crippen molar-refractivity contribution in [2.45, 2.75) is 0 Å². The first-order valence-electron chi connectivity index (χ1n) is 16.2. The van der Waals surface area contributed by atoms with Crippen molar-refractivity contribution < 1.29 is 0 Å². The summed E-state index contributed by atoms with van der Waals surface area (Å²) in [5, 5.41) is 14.0. The molecular weight excluding hydrogens is 611 g/mol. The highest BCUT2D eigenvalue weighted by molar-refractivity contribution is 6.11. The van der Waals surface area contributed by atoms with E-state index in [9.17, 15) is 5.26 Å². The van der Waals surface area contributed by atoms with E-state index in [0.717, 1.165) is 77.2 Å². The Kier molecular flexibility index (Phi) is 6.56. The second kappa shape index (κ2) is 11.4. The zero-order chi connectivity index (χ0) is 33.8. The van der Waals surface area contributed by atoms with Gasteiger partial charge in [-0.2, -0.15) is 5.26 Å². The lowest BCUT2D eigenvalue weighted by Crippen LogP contribution is -1.98.